The molecular formula is C16H15Cl3N2O3S. The third kappa shape index (κ3) is 4.79. The van der Waals surface area contributed by atoms with Gasteiger partial charge in [0.25, 0.3) is 0 Å². The fourth-order valence-electron chi connectivity index (χ4n) is 2.23. The molecule has 1 amide bonds. The van der Waals surface area contributed by atoms with Crippen molar-refractivity contribution in [2.45, 2.75) is 13.0 Å². The van der Waals surface area contributed by atoms with Gasteiger partial charge < -0.3 is 5.32 Å². The molecule has 0 spiro atoms. The number of nitrogens with zero attached hydrogens (tertiary/aromatic N) is 1. The van der Waals surface area contributed by atoms with Crippen LogP contribution in [0.5, 0.6) is 0 Å². The van der Waals surface area contributed by atoms with Crippen LogP contribution in [0.3, 0.4) is 0 Å². The molecule has 0 saturated heterocycles. The molecule has 1 N–H and O–H groups in total. The zero-order valence-electron chi connectivity index (χ0n) is 13.3. The van der Waals surface area contributed by atoms with Gasteiger partial charge in [-0.2, -0.15) is 0 Å². The third-order valence-corrected chi connectivity index (χ3v) is 5.69. The highest BCUT2D eigenvalue weighted by molar-refractivity contribution is 7.92. The summed E-state index contributed by atoms with van der Waals surface area (Å²) in [6.07, 6.45) is 1.03. The van der Waals surface area contributed by atoms with Gasteiger partial charge in [0.2, 0.25) is 15.9 Å². The van der Waals surface area contributed by atoms with E-state index >= 15 is 0 Å². The molecule has 0 bridgehead atoms. The Morgan fingerprint density at radius 1 is 1.08 bits per heavy atom. The van der Waals surface area contributed by atoms with Crippen molar-refractivity contribution in [1.29, 1.82) is 0 Å². The van der Waals surface area contributed by atoms with Gasteiger partial charge in [0, 0.05) is 5.02 Å². The minimum Gasteiger partial charge on any atom is -0.323 e. The van der Waals surface area contributed by atoms with E-state index in [0.29, 0.717) is 16.4 Å². The molecule has 1 atom stereocenters. The number of amides is 1. The second-order valence-electron chi connectivity index (χ2n) is 5.30. The Labute approximate surface area is 161 Å². The minimum absolute atomic E-state index is 0.183. The lowest BCUT2D eigenvalue weighted by molar-refractivity contribution is -0.116. The van der Waals surface area contributed by atoms with E-state index < -0.39 is 22.0 Å². The fourth-order valence-corrected chi connectivity index (χ4v) is 3.88. The molecule has 5 nitrogen and oxygen atoms in total. The van der Waals surface area contributed by atoms with Gasteiger partial charge in [-0.1, -0.05) is 40.9 Å². The molecule has 0 unspecified atom stereocenters. The lowest BCUT2D eigenvalue weighted by Gasteiger charge is -2.28. The molecule has 2 rings (SSSR count). The maximum atomic E-state index is 12.6. The molecule has 0 heterocycles. The molecule has 0 radical (unpaired) electrons. The maximum Gasteiger partial charge on any atom is 0.248 e. The Bertz CT molecular complexity index is 886. The number of carbonyl (C=O) groups is 1. The minimum atomic E-state index is -3.72. The van der Waals surface area contributed by atoms with Crippen LogP contribution in [-0.4, -0.2) is 26.6 Å². The van der Waals surface area contributed by atoms with Gasteiger partial charge in [-0.25, -0.2) is 8.42 Å². The number of sulfonamides is 1. The summed E-state index contributed by atoms with van der Waals surface area (Å²) in [5.41, 5.74) is 0.627. The number of halogens is 3. The smallest absolute Gasteiger partial charge is 0.248 e. The first kappa shape index (κ1) is 19.8. The van der Waals surface area contributed by atoms with Crippen LogP contribution in [0.15, 0.2) is 42.5 Å². The highest BCUT2D eigenvalue weighted by atomic mass is 35.5. The summed E-state index contributed by atoms with van der Waals surface area (Å²) in [4.78, 5) is 12.6. The van der Waals surface area contributed by atoms with Gasteiger partial charge in [-0.05, 0) is 43.3 Å². The fraction of sp³-hybridized carbons (Fsp3) is 0.188. The average Bonchev–Trinajstić information content (AvgIpc) is 2.52. The van der Waals surface area contributed by atoms with Crippen LogP contribution in [0.2, 0.25) is 15.1 Å². The van der Waals surface area contributed by atoms with Crippen molar-refractivity contribution in [3.05, 3.63) is 57.5 Å². The standard InChI is InChI=1S/C16H15Cl3N2O3S/c1-10(16(22)20-14-5-3-4-13(18)15(14)19)21(25(2,23)24)12-8-6-11(17)7-9-12/h3-10H,1-2H3,(H,20,22)/t10-/m1/s1. The number of hydrogen-bond acceptors (Lipinski definition) is 3. The van der Waals surface area contributed by atoms with E-state index in [1.54, 1.807) is 30.3 Å². The maximum absolute atomic E-state index is 12.6. The van der Waals surface area contributed by atoms with Gasteiger partial charge in [-0.3, -0.25) is 9.10 Å². The van der Waals surface area contributed by atoms with E-state index in [0.717, 1.165) is 10.6 Å². The molecule has 25 heavy (non-hydrogen) atoms. The third-order valence-electron chi connectivity index (χ3n) is 3.38. The van der Waals surface area contributed by atoms with Crippen LogP contribution in [-0.2, 0) is 14.8 Å². The van der Waals surface area contributed by atoms with Crippen molar-refractivity contribution in [3.8, 4) is 0 Å². The summed E-state index contributed by atoms with van der Waals surface area (Å²) in [6.45, 7) is 1.48. The van der Waals surface area contributed by atoms with Crippen LogP contribution in [0.4, 0.5) is 11.4 Å². The Morgan fingerprint density at radius 3 is 2.24 bits per heavy atom. The lowest BCUT2D eigenvalue weighted by atomic mass is 10.2. The van der Waals surface area contributed by atoms with Crippen molar-refractivity contribution >= 4 is 62.1 Å². The van der Waals surface area contributed by atoms with Crippen LogP contribution in [0, 0.1) is 0 Å². The zero-order chi connectivity index (χ0) is 18.8. The summed E-state index contributed by atoms with van der Waals surface area (Å²) >= 11 is 17.8. The van der Waals surface area contributed by atoms with Crippen molar-refractivity contribution in [1.82, 2.24) is 0 Å². The van der Waals surface area contributed by atoms with Crippen LogP contribution >= 0.6 is 34.8 Å². The van der Waals surface area contributed by atoms with E-state index in [4.69, 9.17) is 34.8 Å². The first-order valence-electron chi connectivity index (χ1n) is 7.11. The van der Waals surface area contributed by atoms with Gasteiger partial charge >= 0.3 is 0 Å². The Hall–Kier alpha value is -1.47. The van der Waals surface area contributed by atoms with Crippen molar-refractivity contribution < 1.29 is 13.2 Å². The summed E-state index contributed by atoms with van der Waals surface area (Å²) in [5.74, 6) is -0.551. The summed E-state index contributed by atoms with van der Waals surface area (Å²) in [7, 11) is -3.72. The van der Waals surface area contributed by atoms with E-state index in [-0.39, 0.29) is 10.0 Å². The number of hydrogen-bond donors (Lipinski definition) is 1. The Kier molecular flexibility index (Phi) is 6.21. The summed E-state index contributed by atoms with van der Waals surface area (Å²) in [5, 5.41) is 3.52. The molecular weight excluding hydrogens is 407 g/mol. The summed E-state index contributed by atoms with van der Waals surface area (Å²) in [6, 6.07) is 9.92. The average molecular weight is 422 g/mol. The highest BCUT2D eigenvalue weighted by Gasteiger charge is 2.29. The van der Waals surface area contributed by atoms with Crippen LogP contribution in [0.25, 0.3) is 0 Å². The molecule has 0 saturated carbocycles. The molecule has 0 aliphatic heterocycles. The second kappa shape index (κ2) is 7.83. The highest BCUT2D eigenvalue weighted by Crippen LogP contribution is 2.30. The molecule has 134 valence electrons. The second-order valence-corrected chi connectivity index (χ2v) is 8.38. The quantitative estimate of drug-likeness (QED) is 0.776. The molecule has 0 fully saturated rings. The summed E-state index contributed by atoms with van der Waals surface area (Å²) < 4.78 is 25.4. The number of carbonyl (C=O) groups excluding carboxylic acids is 1. The molecule has 0 aliphatic rings. The predicted octanol–water partition coefficient (Wildman–Crippen LogP) is 4.44. The van der Waals surface area contributed by atoms with Crippen LogP contribution in [0.1, 0.15) is 6.92 Å². The van der Waals surface area contributed by atoms with E-state index in [1.165, 1.54) is 19.1 Å². The molecule has 0 aliphatic carbocycles. The lowest BCUT2D eigenvalue weighted by Crippen LogP contribution is -2.45. The topological polar surface area (TPSA) is 66.5 Å². The zero-order valence-corrected chi connectivity index (χ0v) is 16.4. The van der Waals surface area contributed by atoms with Gasteiger partial charge in [-0.15, -0.1) is 0 Å². The Balaban J connectivity index is 2.33. The monoisotopic (exact) mass is 420 g/mol. The van der Waals surface area contributed by atoms with Crippen molar-refractivity contribution in [2.75, 3.05) is 15.9 Å². The number of rotatable bonds is 5. The van der Waals surface area contributed by atoms with Gasteiger partial charge in [0.15, 0.2) is 0 Å². The number of benzene rings is 2. The number of nitrogens with one attached hydrogen (secondary N) is 1. The first-order valence-corrected chi connectivity index (χ1v) is 10.1. The SMILES string of the molecule is C[C@H](C(=O)Nc1cccc(Cl)c1Cl)N(c1ccc(Cl)cc1)S(C)(=O)=O. The first-order chi connectivity index (χ1) is 11.6. The van der Waals surface area contributed by atoms with E-state index in [9.17, 15) is 13.2 Å². The van der Waals surface area contributed by atoms with Crippen LogP contribution < -0.4 is 9.62 Å². The predicted molar refractivity (Wildman–Crippen MR) is 103 cm³/mol. The van der Waals surface area contributed by atoms with E-state index in [2.05, 4.69) is 5.32 Å². The number of anilines is 2. The largest absolute Gasteiger partial charge is 0.323 e. The van der Waals surface area contributed by atoms with Crippen molar-refractivity contribution in [3.63, 3.8) is 0 Å². The van der Waals surface area contributed by atoms with Gasteiger partial charge in [0.05, 0.1) is 27.7 Å². The van der Waals surface area contributed by atoms with E-state index in [1.807, 2.05) is 0 Å². The molecule has 0 aromatic heterocycles. The molecule has 9 heteroatoms. The molecule has 2 aromatic carbocycles. The Morgan fingerprint density at radius 2 is 1.68 bits per heavy atom. The molecule has 2 aromatic rings. The van der Waals surface area contributed by atoms with Crippen molar-refractivity contribution in [2.24, 2.45) is 0 Å². The van der Waals surface area contributed by atoms with Gasteiger partial charge in [0.1, 0.15) is 6.04 Å². The normalized spacial score (nSPS) is 12.5.